The third kappa shape index (κ3) is 3.25. The maximum absolute atomic E-state index is 9.50. The molecule has 0 aromatic rings. The van der Waals surface area contributed by atoms with E-state index in [-0.39, 0.29) is 6.10 Å². The predicted octanol–water partition coefficient (Wildman–Crippen LogP) is 2.17. The van der Waals surface area contributed by atoms with Gasteiger partial charge in [0.25, 0.3) is 0 Å². The average molecular weight is 199 g/mol. The Balaban J connectivity index is 2.32. The number of hydrogen-bond acceptors (Lipinski definition) is 2. The normalized spacial score (nSPS) is 35.6. The fraction of sp³-hybridized carbons (Fsp3) is 1.00. The van der Waals surface area contributed by atoms with E-state index in [2.05, 4.69) is 19.2 Å². The molecule has 2 nitrogen and oxygen atoms in total. The summed E-state index contributed by atoms with van der Waals surface area (Å²) in [4.78, 5) is 0. The first-order valence-electron chi connectivity index (χ1n) is 6.06. The van der Waals surface area contributed by atoms with Crippen LogP contribution in [0.15, 0.2) is 0 Å². The van der Waals surface area contributed by atoms with E-state index in [1.807, 2.05) is 6.92 Å². The zero-order chi connectivity index (χ0) is 10.6. The molecule has 0 aromatic heterocycles. The Morgan fingerprint density at radius 3 is 2.36 bits per heavy atom. The lowest BCUT2D eigenvalue weighted by Gasteiger charge is -2.35. The topological polar surface area (TPSA) is 32.3 Å². The number of nitrogens with one attached hydrogen (secondary N) is 1. The Bertz CT molecular complexity index is 150. The van der Waals surface area contributed by atoms with Gasteiger partial charge >= 0.3 is 0 Å². The molecule has 14 heavy (non-hydrogen) atoms. The summed E-state index contributed by atoms with van der Waals surface area (Å²) in [5.74, 6) is 1.53. The molecule has 1 aliphatic carbocycles. The standard InChI is InChI=1S/C12H25NO/c1-4-11(14)8-13-12-9(2)6-5-7-10(12)3/h9-14H,4-8H2,1-3H3. The van der Waals surface area contributed by atoms with Crippen LogP contribution in [0.3, 0.4) is 0 Å². The Kier molecular flexibility index (Phi) is 4.90. The number of aliphatic hydroxyl groups excluding tert-OH is 1. The summed E-state index contributed by atoms with van der Waals surface area (Å²) in [7, 11) is 0. The minimum absolute atomic E-state index is 0.170. The van der Waals surface area contributed by atoms with E-state index in [1.54, 1.807) is 0 Å². The first-order valence-corrected chi connectivity index (χ1v) is 6.06. The van der Waals surface area contributed by atoms with Crippen LogP contribution in [0.4, 0.5) is 0 Å². The van der Waals surface area contributed by atoms with Gasteiger partial charge in [-0.05, 0) is 31.1 Å². The van der Waals surface area contributed by atoms with Gasteiger partial charge in [-0.2, -0.15) is 0 Å². The van der Waals surface area contributed by atoms with Gasteiger partial charge in [-0.15, -0.1) is 0 Å². The van der Waals surface area contributed by atoms with Crippen LogP contribution in [0.5, 0.6) is 0 Å². The summed E-state index contributed by atoms with van der Waals surface area (Å²) in [6.45, 7) is 7.44. The summed E-state index contributed by atoms with van der Waals surface area (Å²) in [6, 6.07) is 0.616. The third-order valence-electron chi connectivity index (χ3n) is 3.61. The van der Waals surface area contributed by atoms with Gasteiger partial charge in [-0.1, -0.05) is 27.2 Å². The van der Waals surface area contributed by atoms with Crippen molar-refractivity contribution < 1.29 is 5.11 Å². The SMILES string of the molecule is CCC(O)CNC1C(C)CCCC1C. The molecule has 3 unspecified atom stereocenters. The Morgan fingerprint density at radius 2 is 1.86 bits per heavy atom. The second-order valence-electron chi connectivity index (χ2n) is 4.88. The third-order valence-corrected chi connectivity index (χ3v) is 3.61. The van der Waals surface area contributed by atoms with Crippen molar-refractivity contribution in [3.8, 4) is 0 Å². The molecule has 1 rings (SSSR count). The van der Waals surface area contributed by atoms with E-state index in [0.29, 0.717) is 6.04 Å². The van der Waals surface area contributed by atoms with Crippen LogP contribution in [0.1, 0.15) is 46.5 Å². The number of rotatable bonds is 4. The van der Waals surface area contributed by atoms with Crippen molar-refractivity contribution in [2.24, 2.45) is 11.8 Å². The van der Waals surface area contributed by atoms with Crippen LogP contribution in [-0.2, 0) is 0 Å². The Hall–Kier alpha value is -0.0800. The molecule has 0 spiro atoms. The minimum Gasteiger partial charge on any atom is -0.392 e. The maximum atomic E-state index is 9.50. The van der Waals surface area contributed by atoms with Crippen molar-refractivity contribution in [3.63, 3.8) is 0 Å². The molecule has 0 amide bonds. The van der Waals surface area contributed by atoms with Crippen molar-refractivity contribution in [1.82, 2.24) is 5.32 Å². The van der Waals surface area contributed by atoms with Crippen molar-refractivity contribution in [3.05, 3.63) is 0 Å². The molecular weight excluding hydrogens is 174 g/mol. The second kappa shape index (κ2) is 5.72. The molecule has 1 fully saturated rings. The molecule has 0 bridgehead atoms. The van der Waals surface area contributed by atoms with E-state index >= 15 is 0 Å². The lowest BCUT2D eigenvalue weighted by molar-refractivity contribution is 0.138. The van der Waals surface area contributed by atoms with E-state index in [9.17, 15) is 5.11 Å². The van der Waals surface area contributed by atoms with Crippen molar-refractivity contribution in [1.29, 1.82) is 0 Å². The van der Waals surface area contributed by atoms with E-state index in [1.165, 1.54) is 19.3 Å². The summed E-state index contributed by atoms with van der Waals surface area (Å²) >= 11 is 0. The van der Waals surface area contributed by atoms with Crippen LogP contribution in [0.25, 0.3) is 0 Å². The molecule has 84 valence electrons. The lowest BCUT2D eigenvalue weighted by Crippen LogP contribution is -2.45. The molecule has 1 saturated carbocycles. The highest BCUT2D eigenvalue weighted by Crippen LogP contribution is 2.28. The molecule has 2 heteroatoms. The van der Waals surface area contributed by atoms with Crippen LogP contribution in [-0.4, -0.2) is 23.8 Å². The molecule has 1 aliphatic rings. The first-order chi connectivity index (χ1) is 6.65. The molecule has 0 heterocycles. The molecular formula is C12H25NO. The van der Waals surface area contributed by atoms with E-state index < -0.39 is 0 Å². The smallest absolute Gasteiger partial charge is 0.0662 e. The van der Waals surface area contributed by atoms with Crippen molar-refractivity contribution in [2.75, 3.05) is 6.54 Å². The summed E-state index contributed by atoms with van der Waals surface area (Å²) < 4.78 is 0. The molecule has 3 atom stereocenters. The Morgan fingerprint density at radius 1 is 1.29 bits per heavy atom. The zero-order valence-electron chi connectivity index (χ0n) is 9.79. The summed E-state index contributed by atoms with van der Waals surface area (Å²) in [5.41, 5.74) is 0. The highest BCUT2D eigenvalue weighted by molar-refractivity contribution is 4.83. The lowest BCUT2D eigenvalue weighted by atomic mass is 9.78. The maximum Gasteiger partial charge on any atom is 0.0662 e. The van der Waals surface area contributed by atoms with Crippen LogP contribution in [0, 0.1) is 11.8 Å². The summed E-state index contributed by atoms with van der Waals surface area (Å²) in [6.07, 6.45) is 4.73. The monoisotopic (exact) mass is 199 g/mol. The molecule has 0 radical (unpaired) electrons. The zero-order valence-corrected chi connectivity index (χ0v) is 9.79. The van der Waals surface area contributed by atoms with Crippen LogP contribution < -0.4 is 5.32 Å². The highest BCUT2D eigenvalue weighted by atomic mass is 16.3. The Labute approximate surface area is 88.1 Å². The number of aliphatic hydroxyl groups is 1. The molecule has 2 N–H and O–H groups in total. The van der Waals surface area contributed by atoms with Gasteiger partial charge in [-0.25, -0.2) is 0 Å². The van der Waals surface area contributed by atoms with Gasteiger partial charge in [0.05, 0.1) is 6.10 Å². The fourth-order valence-corrected chi connectivity index (χ4v) is 2.50. The van der Waals surface area contributed by atoms with Gasteiger partial charge in [0.2, 0.25) is 0 Å². The molecule has 0 aliphatic heterocycles. The van der Waals surface area contributed by atoms with Gasteiger partial charge < -0.3 is 10.4 Å². The van der Waals surface area contributed by atoms with Gasteiger partial charge in [0.1, 0.15) is 0 Å². The van der Waals surface area contributed by atoms with Crippen molar-refractivity contribution in [2.45, 2.75) is 58.6 Å². The van der Waals surface area contributed by atoms with E-state index in [4.69, 9.17) is 0 Å². The molecule has 0 saturated heterocycles. The van der Waals surface area contributed by atoms with Crippen molar-refractivity contribution >= 4 is 0 Å². The minimum atomic E-state index is -0.170. The molecule has 0 aromatic carbocycles. The fourth-order valence-electron chi connectivity index (χ4n) is 2.50. The predicted molar refractivity (Wildman–Crippen MR) is 60.3 cm³/mol. The first kappa shape index (κ1) is 12.0. The van der Waals surface area contributed by atoms with Crippen LogP contribution >= 0.6 is 0 Å². The number of hydrogen-bond donors (Lipinski definition) is 2. The van der Waals surface area contributed by atoms with Gasteiger partial charge in [-0.3, -0.25) is 0 Å². The quantitative estimate of drug-likeness (QED) is 0.727. The van der Waals surface area contributed by atoms with Gasteiger partial charge in [0, 0.05) is 12.6 Å². The highest BCUT2D eigenvalue weighted by Gasteiger charge is 2.27. The van der Waals surface area contributed by atoms with Gasteiger partial charge in [0.15, 0.2) is 0 Å². The largest absolute Gasteiger partial charge is 0.392 e. The van der Waals surface area contributed by atoms with Crippen LogP contribution in [0.2, 0.25) is 0 Å². The summed E-state index contributed by atoms with van der Waals surface area (Å²) in [5, 5.41) is 13.0. The average Bonchev–Trinajstić information content (AvgIpc) is 2.16. The second-order valence-corrected chi connectivity index (χ2v) is 4.88. The van der Waals surface area contributed by atoms with E-state index in [0.717, 1.165) is 24.8 Å².